The molecule has 0 spiro atoms. The molecular formula is C20H30O6. The maximum absolute atomic E-state index is 11.5. The fraction of sp³-hybridized carbons (Fsp3) is 0.600. The van der Waals surface area contributed by atoms with Gasteiger partial charge in [0.2, 0.25) is 0 Å². The van der Waals surface area contributed by atoms with Crippen LogP contribution in [0.15, 0.2) is 12.1 Å². The number of unbranched alkanes of at least 4 members (excludes halogenated alkanes) is 6. The summed E-state index contributed by atoms with van der Waals surface area (Å²) < 4.78 is 11.1. The minimum atomic E-state index is -1.17. The maximum atomic E-state index is 11.5. The van der Waals surface area contributed by atoms with E-state index in [1.54, 1.807) is 0 Å². The molecule has 0 amide bonds. The smallest absolute Gasteiger partial charge is 0.339 e. The van der Waals surface area contributed by atoms with Crippen LogP contribution in [0.25, 0.3) is 0 Å². The van der Waals surface area contributed by atoms with Gasteiger partial charge in [0, 0.05) is 0 Å². The summed E-state index contributed by atoms with van der Waals surface area (Å²) in [6, 6.07) is 2.51. The molecule has 0 unspecified atom stereocenters. The fourth-order valence-corrected chi connectivity index (χ4v) is 2.55. The second kappa shape index (κ2) is 12.2. The standard InChI is InChI=1S/C20H30O6/c1-3-5-7-9-11-25-17-13-16(20(23)24)18(14-15(17)19(21)22)26-12-10-8-6-4-2/h13-14H,3-12H2,1-2H3,(H,21,22)(H,23,24). The van der Waals surface area contributed by atoms with Crippen LogP contribution in [0.2, 0.25) is 0 Å². The van der Waals surface area contributed by atoms with Gasteiger partial charge in [0.1, 0.15) is 22.6 Å². The van der Waals surface area contributed by atoms with Crippen LogP contribution in [0.1, 0.15) is 85.9 Å². The van der Waals surface area contributed by atoms with Crippen molar-refractivity contribution in [3.8, 4) is 11.5 Å². The van der Waals surface area contributed by atoms with Gasteiger partial charge >= 0.3 is 11.9 Å². The topological polar surface area (TPSA) is 93.1 Å². The first-order valence-corrected chi connectivity index (χ1v) is 9.41. The third-order valence-electron chi connectivity index (χ3n) is 4.05. The van der Waals surface area contributed by atoms with Gasteiger partial charge in [0.15, 0.2) is 0 Å². The number of hydrogen-bond donors (Lipinski definition) is 2. The zero-order valence-electron chi connectivity index (χ0n) is 15.8. The van der Waals surface area contributed by atoms with Gasteiger partial charge in [-0.2, -0.15) is 0 Å². The molecule has 0 radical (unpaired) electrons. The van der Waals surface area contributed by atoms with Crippen molar-refractivity contribution in [2.45, 2.75) is 65.2 Å². The lowest BCUT2D eigenvalue weighted by Gasteiger charge is -2.14. The number of carbonyl (C=O) groups is 2. The van der Waals surface area contributed by atoms with Gasteiger partial charge in [-0.3, -0.25) is 0 Å². The van der Waals surface area contributed by atoms with Gasteiger partial charge in [0.25, 0.3) is 0 Å². The molecule has 0 aliphatic heterocycles. The van der Waals surface area contributed by atoms with E-state index in [0.29, 0.717) is 13.2 Å². The summed E-state index contributed by atoms with van der Waals surface area (Å²) in [7, 11) is 0. The first kappa shape index (κ1) is 21.8. The largest absolute Gasteiger partial charge is 0.493 e. The van der Waals surface area contributed by atoms with Crippen LogP contribution in [0.4, 0.5) is 0 Å². The van der Waals surface area contributed by atoms with Crippen LogP contribution >= 0.6 is 0 Å². The predicted molar refractivity (Wildman–Crippen MR) is 99.6 cm³/mol. The highest BCUT2D eigenvalue weighted by atomic mass is 16.5. The SMILES string of the molecule is CCCCCCOc1cc(C(=O)O)c(OCCCCCC)cc1C(=O)O. The Balaban J connectivity index is 2.88. The van der Waals surface area contributed by atoms with E-state index in [4.69, 9.17) is 9.47 Å². The predicted octanol–water partition coefficient (Wildman–Crippen LogP) is 5.00. The molecule has 0 fully saturated rings. The van der Waals surface area contributed by atoms with Gasteiger partial charge in [-0.1, -0.05) is 52.4 Å². The van der Waals surface area contributed by atoms with Crippen LogP contribution in [0, 0.1) is 0 Å². The second-order valence-electron chi connectivity index (χ2n) is 6.27. The van der Waals surface area contributed by atoms with Crippen molar-refractivity contribution >= 4 is 11.9 Å². The highest BCUT2D eigenvalue weighted by Gasteiger charge is 2.20. The Morgan fingerprint density at radius 3 is 1.42 bits per heavy atom. The number of ether oxygens (including phenoxy) is 2. The minimum absolute atomic E-state index is 0.0738. The Morgan fingerprint density at radius 2 is 1.12 bits per heavy atom. The first-order chi connectivity index (χ1) is 12.5. The van der Waals surface area contributed by atoms with E-state index in [2.05, 4.69) is 13.8 Å². The lowest BCUT2D eigenvalue weighted by molar-refractivity contribution is 0.0672. The molecule has 0 heterocycles. The molecule has 1 rings (SSSR count). The molecular weight excluding hydrogens is 336 g/mol. The van der Waals surface area contributed by atoms with Crippen molar-refractivity contribution in [3.63, 3.8) is 0 Å². The Bertz CT molecular complexity index is 530. The molecule has 0 aromatic heterocycles. The van der Waals surface area contributed by atoms with Gasteiger partial charge in [0.05, 0.1) is 13.2 Å². The van der Waals surface area contributed by atoms with Gasteiger partial charge in [-0.25, -0.2) is 9.59 Å². The number of carboxylic acids is 2. The minimum Gasteiger partial charge on any atom is -0.493 e. The third kappa shape index (κ3) is 7.33. The van der Waals surface area contributed by atoms with E-state index < -0.39 is 11.9 Å². The molecule has 146 valence electrons. The summed E-state index contributed by atoms with van der Waals surface area (Å²) in [4.78, 5) is 23.0. The Morgan fingerprint density at radius 1 is 0.731 bits per heavy atom. The lowest BCUT2D eigenvalue weighted by Crippen LogP contribution is -2.10. The molecule has 1 aromatic rings. The molecule has 0 aliphatic carbocycles. The van der Waals surface area contributed by atoms with E-state index >= 15 is 0 Å². The molecule has 6 heteroatoms. The molecule has 1 aromatic carbocycles. The van der Waals surface area contributed by atoms with Crippen molar-refractivity contribution in [1.82, 2.24) is 0 Å². The average molecular weight is 366 g/mol. The molecule has 0 bridgehead atoms. The molecule has 0 saturated carbocycles. The van der Waals surface area contributed by atoms with Gasteiger partial charge in [-0.15, -0.1) is 0 Å². The molecule has 6 nitrogen and oxygen atoms in total. The zero-order valence-corrected chi connectivity index (χ0v) is 15.8. The van der Waals surface area contributed by atoms with Gasteiger partial charge in [-0.05, 0) is 25.0 Å². The Labute approximate surface area is 155 Å². The average Bonchev–Trinajstić information content (AvgIpc) is 2.61. The number of carboxylic acid groups (broad SMARTS) is 2. The summed E-state index contributed by atoms with van der Waals surface area (Å²) in [5.74, 6) is -2.18. The second-order valence-corrected chi connectivity index (χ2v) is 6.27. The van der Waals surface area contributed by atoms with E-state index in [1.807, 2.05) is 0 Å². The first-order valence-electron chi connectivity index (χ1n) is 9.41. The van der Waals surface area contributed by atoms with E-state index in [0.717, 1.165) is 51.4 Å². The van der Waals surface area contributed by atoms with Crippen molar-refractivity contribution < 1.29 is 29.3 Å². The van der Waals surface area contributed by atoms with Crippen LogP contribution in [0.5, 0.6) is 11.5 Å². The van der Waals surface area contributed by atoms with Crippen LogP contribution < -0.4 is 9.47 Å². The quantitative estimate of drug-likeness (QED) is 0.450. The van der Waals surface area contributed by atoms with E-state index in [-0.39, 0.29) is 22.6 Å². The van der Waals surface area contributed by atoms with Crippen molar-refractivity contribution in [3.05, 3.63) is 23.3 Å². The van der Waals surface area contributed by atoms with Gasteiger partial charge < -0.3 is 19.7 Å². The monoisotopic (exact) mass is 366 g/mol. The van der Waals surface area contributed by atoms with Crippen molar-refractivity contribution in [2.24, 2.45) is 0 Å². The summed E-state index contributed by atoms with van der Waals surface area (Å²) >= 11 is 0. The fourth-order valence-electron chi connectivity index (χ4n) is 2.55. The Kier molecular flexibility index (Phi) is 10.2. The van der Waals surface area contributed by atoms with Crippen molar-refractivity contribution in [1.29, 1.82) is 0 Å². The van der Waals surface area contributed by atoms with Crippen LogP contribution in [0.3, 0.4) is 0 Å². The number of hydrogen-bond acceptors (Lipinski definition) is 4. The normalized spacial score (nSPS) is 10.5. The number of benzene rings is 1. The number of aromatic carboxylic acids is 2. The molecule has 0 atom stereocenters. The highest BCUT2D eigenvalue weighted by molar-refractivity contribution is 5.97. The lowest BCUT2D eigenvalue weighted by atomic mass is 10.1. The molecule has 0 saturated heterocycles. The molecule has 2 N–H and O–H groups in total. The zero-order chi connectivity index (χ0) is 19.4. The van der Waals surface area contributed by atoms with Crippen molar-refractivity contribution in [2.75, 3.05) is 13.2 Å². The number of rotatable bonds is 14. The summed E-state index contributed by atoms with van der Waals surface area (Å²) in [5.41, 5.74) is -0.150. The summed E-state index contributed by atoms with van der Waals surface area (Å²) in [5, 5.41) is 18.8. The van der Waals surface area contributed by atoms with Crippen LogP contribution in [-0.2, 0) is 0 Å². The molecule has 0 aliphatic rings. The maximum Gasteiger partial charge on any atom is 0.339 e. The highest BCUT2D eigenvalue weighted by Crippen LogP contribution is 2.30. The van der Waals surface area contributed by atoms with Crippen LogP contribution in [-0.4, -0.2) is 35.4 Å². The molecule has 26 heavy (non-hydrogen) atoms. The van der Waals surface area contributed by atoms with E-state index in [9.17, 15) is 19.8 Å². The summed E-state index contributed by atoms with van der Waals surface area (Å²) in [6.45, 7) is 4.92. The van der Waals surface area contributed by atoms with E-state index in [1.165, 1.54) is 12.1 Å². The Hall–Kier alpha value is -2.24. The third-order valence-corrected chi connectivity index (χ3v) is 4.05. The summed E-state index contributed by atoms with van der Waals surface area (Å²) in [6.07, 6.45) is 7.92.